The number of hydrogen-bond donors (Lipinski definition) is 2. The normalized spacial score (nSPS) is 12.1. The fraction of sp³-hybridized carbons (Fsp3) is 0.400. The third-order valence-electron chi connectivity index (χ3n) is 4.60. The lowest BCUT2D eigenvalue weighted by molar-refractivity contribution is -0.0982. The number of aryl methyl sites for hydroxylation is 1. The second-order valence-corrected chi connectivity index (χ2v) is 7.34. The predicted octanol–water partition coefficient (Wildman–Crippen LogP) is 2.83. The molecule has 0 heterocycles. The van der Waals surface area contributed by atoms with Crippen LogP contribution in [0.4, 0.5) is 0 Å². The Balaban J connectivity index is 2.05. The first kappa shape index (κ1) is 19.5. The quantitative estimate of drug-likeness (QED) is 0.760. The first-order valence-corrected chi connectivity index (χ1v) is 8.46. The number of aliphatic hydroxyl groups is 1. The Labute approximate surface area is 150 Å². The molecule has 5 heteroatoms. The van der Waals surface area contributed by atoms with Gasteiger partial charge in [-0.2, -0.15) is 0 Å². The van der Waals surface area contributed by atoms with E-state index in [0.717, 1.165) is 16.9 Å². The van der Waals surface area contributed by atoms with Crippen molar-refractivity contribution >= 4 is 12.6 Å². The number of benzene rings is 2. The van der Waals surface area contributed by atoms with Crippen LogP contribution < -0.4 is 10.2 Å². The van der Waals surface area contributed by atoms with Crippen molar-refractivity contribution < 1.29 is 19.5 Å². The molecule has 0 spiro atoms. The molecule has 0 atom stereocenters. The molecule has 0 saturated heterocycles. The lowest BCUT2D eigenvalue weighted by Crippen LogP contribution is -2.53. The summed E-state index contributed by atoms with van der Waals surface area (Å²) in [5.41, 5.74) is 0.658. The highest BCUT2D eigenvalue weighted by Crippen LogP contribution is 2.25. The molecule has 4 nitrogen and oxygen atoms in total. The minimum atomic E-state index is -1.12. The Kier molecular flexibility index (Phi) is 5.93. The predicted molar refractivity (Wildman–Crippen MR) is 101 cm³/mol. The van der Waals surface area contributed by atoms with E-state index in [-0.39, 0.29) is 0 Å². The van der Waals surface area contributed by atoms with Crippen molar-refractivity contribution in [1.82, 2.24) is 0 Å². The smallest absolute Gasteiger partial charge is 0.489 e. The van der Waals surface area contributed by atoms with Crippen LogP contribution in [0.15, 0.2) is 48.5 Å². The Hall–Kier alpha value is -1.82. The number of rotatable bonds is 7. The van der Waals surface area contributed by atoms with Crippen LogP contribution in [0.1, 0.15) is 38.8 Å². The molecule has 2 N–H and O–H groups in total. The van der Waals surface area contributed by atoms with E-state index >= 15 is 0 Å². The molecule has 2 aromatic carbocycles. The van der Waals surface area contributed by atoms with Gasteiger partial charge in [0.1, 0.15) is 12.4 Å². The Morgan fingerprint density at radius 3 is 2.20 bits per heavy atom. The molecule has 0 aliphatic heterocycles. The van der Waals surface area contributed by atoms with E-state index in [1.165, 1.54) is 0 Å². The molecular formula is C20H27BO4. The highest BCUT2D eigenvalue weighted by molar-refractivity contribution is 6.60. The summed E-state index contributed by atoms with van der Waals surface area (Å²) in [6.45, 7) is 9.24. The van der Waals surface area contributed by atoms with Crippen LogP contribution in [-0.4, -0.2) is 28.5 Å². The first-order chi connectivity index (χ1) is 11.6. The van der Waals surface area contributed by atoms with Crippen LogP contribution in [0.3, 0.4) is 0 Å². The molecule has 0 bridgehead atoms. The first-order valence-electron chi connectivity index (χ1n) is 8.46. The molecule has 134 valence electrons. The fourth-order valence-electron chi connectivity index (χ4n) is 2.21. The number of ether oxygens (including phenoxy) is 1. The second-order valence-electron chi connectivity index (χ2n) is 7.34. The Morgan fingerprint density at radius 1 is 1.00 bits per heavy atom. The SMILES string of the molecule is Cc1cc(B(O)OC(C)(C)C(C)(C)O)ccc1OCc1ccccc1. The summed E-state index contributed by atoms with van der Waals surface area (Å²) in [6.07, 6.45) is 0. The highest BCUT2D eigenvalue weighted by Gasteiger charge is 2.39. The fourth-order valence-corrected chi connectivity index (χ4v) is 2.21. The van der Waals surface area contributed by atoms with Gasteiger partial charge in [0.15, 0.2) is 0 Å². The lowest BCUT2D eigenvalue weighted by Gasteiger charge is -2.38. The van der Waals surface area contributed by atoms with Crippen molar-refractivity contribution in [2.75, 3.05) is 0 Å². The van der Waals surface area contributed by atoms with Gasteiger partial charge in [0, 0.05) is 0 Å². The Bertz CT molecular complexity index is 693. The average molecular weight is 342 g/mol. The molecule has 0 unspecified atom stereocenters. The van der Waals surface area contributed by atoms with Gasteiger partial charge < -0.3 is 19.5 Å². The molecule has 0 saturated carbocycles. The zero-order valence-corrected chi connectivity index (χ0v) is 15.6. The van der Waals surface area contributed by atoms with Crippen molar-refractivity contribution in [3.05, 3.63) is 59.7 Å². The van der Waals surface area contributed by atoms with E-state index in [2.05, 4.69) is 0 Å². The third kappa shape index (κ3) is 5.08. The van der Waals surface area contributed by atoms with Crippen molar-refractivity contribution in [3.8, 4) is 5.75 Å². The van der Waals surface area contributed by atoms with Gasteiger partial charge >= 0.3 is 7.12 Å². The third-order valence-corrected chi connectivity index (χ3v) is 4.60. The van der Waals surface area contributed by atoms with Gasteiger partial charge in [0.25, 0.3) is 0 Å². The van der Waals surface area contributed by atoms with Crippen molar-refractivity contribution in [1.29, 1.82) is 0 Å². The maximum Gasteiger partial charge on any atom is 0.491 e. The Morgan fingerprint density at radius 2 is 1.64 bits per heavy atom. The molecule has 0 aliphatic carbocycles. The molecule has 0 amide bonds. The van der Waals surface area contributed by atoms with E-state index in [4.69, 9.17) is 9.39 Å². The molecule has 0 radical (unpaired) electrons. The van der Waals surface area contributed by atoms with Gasteiger partial charge in [-0.3, -0.25) is 0 Å². The summed E-state index contributed by atoms with van der Waals surface area (Å²) in [6, 6.07) is 15.4. The zero-order valence-electron chi connectivity index (χ0n) is 15.6. The van der Waals surface area contributed by atoms with Crippen molar-refractivity contribution in [2.45, 2.75) is 52.4 Å². The van der Waals surface area contributed by atoms with E-state index in [9.17, 15) is 10.1 Å². The minimum absolute atomic E-state index is 0.492. The van der Waals surface area contributed by atoms with Crippen LogP contribution in [0.5, 0.6) is 5.75 Å². The second kappa shape index (κ2) is 7.60. The van der Waals surface area contributed by atoms with Crippen LogP contribution in [0.2, 0.25) is 0 Å². The molecular weight excluding hydrogens is 315 g/mol. The summed E-state index contributed by atoms with van der Waals surface area (Å²) in [5, 5.41) is 20.5. The molecule has 0 fully saturated rings. The van der Waals surface area contributed by atoms with Crippen LogP contribution in [-0.2, 0) is 11.3 Å². The molecule has 2 aromatic rings. The lowest BCUT2D eigenvalue weighted by atomic mass is 9.76. The van der Waals surface area contributed by atoms with Crippen molar-refractivity contribution in [3.63, 3.8) is 0 Å². The van der Waals surface area contributed by atoms with E-state index in [1.807, 2.05) is 49.4 Å². The topological polar surface area (TPSA) is 58.9 Å². The monoisotopic (exact) mass is 342 g/mol. The zero-order chi connectivity index (χ0) is 18.7. The maximum atomic E-state index is 10.4. The van der Waals surface area contributed by atoms with Gasteiger partial charge in [-0.1, -0.05) is 42.5 Å². The molecule has 0 aliphatic rings. The van der Waals surface area contributed by atoms with Gasteiger partial charge in [-0.25, -0.2) is 0 Å². The highest BCUT2D eigenvalue weighted by atomic mass is 16.5. The standard InChI is InChI=1S/C20H27BO4/c1-15-13-17(21(23)25-20(4,5)19(2,3)22)11-12-18(15)24-14-16-9-7-6-8-10-16/h6-13,22-23H,14H2,1-5H3. The minimum Gasteiger partial charge on any atom is -0.489 e. The van der Waals surface area contributed by atoms with E-state index in [0.29, 0.717) is 12.1 Å². The van der Waals surface area contributed by atoms with Gasteiger partial charge in [-0.15, -0.1) is 0 Å². The van der Waals surface area contributed by atoms with Gasteiger partial charge in [0.05, 0.1) is 11.2 Å². The van der Waals surface area contributed by atoms with E-state index < -0.39 is 18.3 Å². The molecule has 25 heavy (non-hydrogen) atoms. The summed E-state index contributed by atoms with van der Waals surface area (Å²) in [4.78, 5) is 0. The largest absolute Gasteiger partial charge is 0.491 e. The van der Waals surface area contributed by atoms with Gasteiger partial charge in [-0.05, 0) is 57.3 Å². The van der Waals surface area contributed by atoms with Gasteiger partial charge in [0.2, 0.25) is 0 Å². The summed E-state index contributed by atoms with van der Waals surface area (Å²) >= 11 is 0. The maximum absolute atomic E-state index is 10.4. The summed E-state index contributed by atoms with van der Waals surface area (Å²) in [5.74, 6) is 0.765. The molecule has 2 rings (SSSR count). The summed E-state index contributed by atoms with van der Waals surface area (Å²) in [7, 11) is -1.12. The average Bonchev–Trinajstić information content (AvgIpc) is 2.53. The van der Waals surface area contributed by atoms with Crippen LogP contribution in [0, 0.1) is 6.92 Å². The van der Waals surface area contributed by atoms with E-state index in [1.54, 1.807) is 33.8 Å². The van der Waals surface area contributed by atoms with Crippen LogP contribution >= 0.6 is 0 Å². The summed E-state index contributed by atoms with van der Waals surface area (Å²) < 4.78 is 11.5. The number of hydrogen-bond acceptors (Lipinski definition) is 4. The molecule has 0 aromatic heterocycles. The van der Waals surface area contributed by atoms with Crippen LogP contribution in [0.25, 0.3) is 0 Å². The van der Waals surface area contributed by atoms with Crippen molar-refractivity contribution in [2.24, 2.45) is 0 Å².